The third-order valence-corrected chi connectivity index (χ3v) is 3.33. The molecule has 1 aliphatic rings. The second-order valence-corrected chi connectivity index (χ2v) is 4.49. The molecular weight excluding hydrogens is 200 g/mol. The summed E-state index contributed by atoms with van der Waals surface area (Å²) in [6.07, 6.45) is 1.22. The van der Waals surface area contributed by atoms with Crippen LogP contribution < -0.4 is 5.32 Å². The predicted molar refractivity (Wildman–Crippen MR) is 63.2 cm³/mol. The first-order valence-electron chi connectivity index (χ1n) is 5.54. The van der Waals surface area contributed by atoms with Crippen molar-refractivity contribution < 1.29 is 4.74 Å². The Kier molecular flexibility index (Phi) is 2.84. The van der Waals surface area contributed by atoms with E-state index in [1.165, 1.54) is 0 Å². The molecule has 1 aromatic carbocycles. The Morgan fingerprint density at radius 2 is 2.12 bits per heavy atom. The van der Waals surface area contributed by atoms with Crippen LogP contribution in [0.4, 0.5) is 5.69 Å². The van der Waals surface area contributed by atoms with Gasteiger partial charge in [-0.05, 0) is 44.5 Å². The van der Waals surface area contributed by atoms with E-state index in [0.29, 0.717) is 5.56 Å². The Balaban J connectivity index is 2.12. The molecule has 3 heteroatoms. The maximum Gasteiger partial charge on any atom is 0.0991 e. The van der Waals surface area contributed by atoms with E-state index in [-0.39, 0.29) is 11.6 Å². The molecule has 16 heavy (non-hydrogen) atoms. The monoisotopic (exact) mass is 216 g/mol. The molecule has 0 bridgehead atoms. The van der Waals surface area contributed by atoms with Gasteiger partial charge in [0.05, 0.1) is 23.3 Å². The van der Waals surface area contributed by atoms with Gasteiger partial charge in [-0.1, -0.05) is 0 Å². The molecule has 3 nitrogen and oxygen atoms in total. The summed E-state index contributed by atoms with van der Waals surface area (Å²) in [6, 6.07) is 9.64. The number of benzene rings is 1. The smallest absolute Gasteiger partial charge is 0.0991 e. The molecule has 0 spiro atoms. The Hall–Kier alpha value is -1.53. The molecule has 1 aromatic rings. The zero-order valence-corrected chi connectivity index (χ0v) is 9.66. The Bertz CT molecular complexity index is 407. The summed E-state index contributed by atoms with van der Waals surface area (Å²) < 4.78 is 5.57. The maximum atomic E-state index is 8.72. The van der Waals surface area contributed by atoms with Crippen molar-refractivity contribution >= 4 is 5.69 Å². The van der Waals surface area contributed by atoms with Gasteiger partial charge in [-0.25, -0.2) is 0 Å². The average Bonchev–Trinajstić information content (AvgIpc) is 2.60. The van der Waals surface area contributed by atoms with E-state index in [4.69, 9.17) is 10.00 Å². The van der Waals surface area contributed by atoms with Crippen LogP contribution in [0.5, 0.6) is 0 Å². The number of hydrogen-bond donors (Lipinski definition) is 1. The highest BCUT2D eigenvalue weighted by molar-refractivity contribution is 5.49. The van der Waals surface area contributed by atoms with Crippen LogP contribution in [0.15, 0.2) is 24.3 Å². The first-order valence-corrected chi connectivity index (χ1v) is 5.54. The topological polar surface area (TPSA) is 45.0 Å². The van der Waals surface area contributed by atoms with Crippen molar-refractivity contribution in [2.75, 3.05) is 11.9 Å². The summed E-state index contributed by atoms with van der Waals surface area (Å²) in [5, 5.41) is 12.2. The number of anilines is 1. The minimum Gasteiger partial charge on any atom is -0.377 e. The first-order chi connectivity index (χ1) is 7.64. The van der Waals surface area contributed by atoms with E-state index in [2.05, 4.69) is 25.2 Å². The lowest BCUT2D eigenvalue weighted by Gasteiger charge is -2.30. The number of nitrogens with one attached hydrogen (secondary N) is 1. The molecule has 0 aliphatic carbocycles. The van der Waals surface area contributed by atoms with Crippen molar-refractivity contribution in [2.45, 2.75) is 31.9 Å². The van der Waals surface area contributed by atoms with Gasteiger partial charge in [-0.2, -0.15) is 5.26 Å². The molecule has 2 rings (SSSR count). The highest BCUT2D eigenvalue weighted by Gasteiger charge is 2.36. The van der Waals surface area contributed by atoms with E-state index in [9.17, 15) is 0 Å². The molecule has 1 N–H and O–H groups in total. The van der Waals surface area contributed by atoms with E-state index in [1.54, 1.807) is 0 Å². The van der Waals surface area contributed by atoms with Crippen LogP contribution in [0.25, 0.3) is 0 Å². The maximum absolute atomic E-state index is 8.72. The number of nitriles is 1. The molecule has 2 unspecified atom stereocenters. The molecular formula is C13H16N2O. The summed E-state index contributed by atoms with van der Waals surface area (Å²) in [7, 11) is 0. The minimum absolute atomic E-state index is 0.00579. The second-order valence-electron chi connectivity index (χ2n) is 4.49. The van der Waals surface area contributed by atoms with Crippen LogP contribution in [0.3, 0.4) is 0 Å². The molecule has 0 saturated carbocycles. The molecule has 2 atom stereocenters. The molecule has 1 fully saturated rings. The van der Waals surface area contributed by atoms with E-state index >= 15 is 0 Å². The molecule has 0 amide bonds. The van der Waals surface area contributed by atoms with Gasteiger partial charge < -0.3 is 10.1 Å². The lowest BCUT2D eigenvalue weighted by atomic mass is 9.94. The number of ether oxygens (including phenoxy) is 1. The van der Waals surface area contributed by atoms with Gasteiger partial charge in [0.2, 0.25) is 0 Å². The zero-order valence-electron chi connectivity index (χ0n) is 9.66. The van der Waals surface area contributed by atoms with Crippen LogP contribution in [-0.2, 0) is 4.74 Å². The molecule has 1 saturated heterocycles. The van der Waals surface area contributed by atoms with Gasteiger partial charge in [0.15, 0.2) is 0 Å². The fourth-order valence-corrected chi connectivity index (χ4v) is 1.96. The van der Waals surface area contributed by atoms with Crippen molar-refractivity contribution in [1.29, 1.82) is 5.26 Å². The molecule has 84 valence electrons. The van der Waals surface area contributed by atoms with Crippen LogP contribution in [-0.4, -0.2) is 18.2 Å². The van der Waals surface area contributed by atoms with Gasteiger partial charge in [0.1, 0.15) is 0 Å². The summed E-state index contributed by atoms with van der Waals surface area (Å²) in [5.74, 6) is 0. The summed E-state index contributed by atoms with van der Waals surface area (Å²) >= 11 is 0. The van der Waals surface area contributed by atoms with E-state index in [0.717, 1.165) is 18.7 Å². The van der Waals surface area contributed by atoms with Crippen molar-refractivity contribution in [1.82, 2.24) is 0 Å². The number of rotatable bonds is 2. The third-order valence-electron chi connectivity index (χ3n) is 3.33. The second kappa shape index (κ2) is 4.15. The van der Waals surface area contributed by atoms with Crippen LogP contribution in [0, 0.1) is 11.3 Å². The molecule has 1 heterocycles. The predicted octanol–water partition coefficient (Wildman–Crippen LogP) is 2.54. The zero-order chi connectivity index (χ0) is 11.6. The fraction of sp³-hybridized carbons (Fsp3) is 0.462. The first kappa shape index (κ1) is 11.0. The SMILES string of the molecule is CC1OCCC1(C)Nc1ccc(C#N)cc1. The van der Waals surface area contributed by atoms with Crippen molar-refractivity contribution in [3.05, 3.63) is 29.8 Å². The lowest BCUT2D eigenvalue weighted by Crippen LogP contribution is -2.41. The van der Waals surface area contributed by atoms with E-state index in [1.807, 2.05) is 24.3 Å². The fourth-order valence-electron chi connectivity index (χ4n) is 1.96. The summed E-state index contributed by atoms with van der Waals surface area (Å²) in [6.45, 7) is 5.06. The highest BCUT2D eigenvalue weighted by Crippen LogP contribution is 2.29. The van der Waals surface area contributed by atoms with Crippen molar-refractivity contribution in [3.63, 3.8) is 0 Å². The summed E-state index contributed by atoms with van der Waals surface area (Å²) in [5.41, 5.74) is 1.72. The van der Waals surface area contributed by atoms with Gasteiger partial charge in [-0.3, -0.25) is 0 Å². The van der Waals surface area contributed by atoms with Crippen LogP contribution in [0.2, 0.25) is 0 Å². The van der Waals surface area contributed by atoms with Crippen molar-refractivity contribution in [2.24, 2.45) is 0 Å². The Labute approximate surface area is 96.0 Å². The highest BCUT2D eigenvalue weighted by atomic mass is 16.5. The number of hydrogen-bond acceptors (Lipinski definition) is 3. The molecule has 0 radical (unpaired) electrons. The van der Waals surface area contributed by atoms with Gasteiger partial charge >= 0.3 is 0 Å². The van der Waals surface area contributed by atoms with Gasteiger partial charge in [0, 0.05) is 12.3 Å². The normalized spacial score (nSPS) is 28.7. The van der Waals surface area contributed by atoms with E-state index < -0.39 is 0 Å². The summed E-state index contributed by atoms with van der Waals surface area (Å²) in [4.78, 5) is 0. The van der Waals surface area contributed by atoms with Gasteiger partial charge in [0.25, 0.3) is 0 Å². The Morgan fingerprint density at radius 1 is 1.44 bits per heavy atom. The quantitative estimate of drug-likeness (QED) is 0.826. The Morgan fingerprint density at radius 3 is 2.62 bits per heavy atom. The van der Waals surface area contributed by atoms with Crippen LogP contribution >= 0.6 is 0 Å². The van der Waals surface area contributed by atoms with Gasteiger partial charge in [-0.15, -0.1) is 0 Å². The minimum atomic E-state index is -0.00579. The molecule has 1 aliphatic heterocycles. The molecule has 0 aromatic heterocycles. The van der Waals surface area contributed by atoms with Crippen molar-refractivity contribution in [3.8, 4) is 6.07 Å². The number of nitrogens with zero attached hydrogens (tertiary/aromatic N) is 1. The van der Waals surface area contributed by atoms with Crippen LogP contribution in [0.1, 0.15) is 25.8 Å². The average molecular weight is 216 g/mol. The third kappa shape index (κ3) is 2.02. The largest absolute Gasteiger partial charge is 0.377 e. The standard InChI is InChI=1S/C13H16N2O/c1-10-13(2,7-8-16-10)15-12-5-3-11(9-14)4-6-12/h3-6,10,15H,7-8H2,1-2H3. The lowest BCUT2D eigenvalue weighted by molar-refractivity contribution is 0.105.